The highest BCUT2D eigenvalue weighted by Gasteiger charge is 2.16. The van der Waals surface area contributed by atoms with Crippen LogP contribution in [0.25, 0.3) is 16.8 Å². The van der Waals surface area contributed by atoms with Gasteiger partial charge in [0.1, 0.15) is 17.3 Å². The SMILES string of the molecule is CCN(CC)C(=O)c1ccc(Nc2nc3ccc(-c4ccc(CC(=O)Cc5ccc(F)cc5)cc4)cn3n2)c(OC)c1. The summed E-state index contributed by atoms with van der Waals surface area (Å²) >= 11 is 0. The Morgan fingerprint density at radius 3 is 2.17 bits per heavy atom. The molecule has 0 unspecified atom stereocenters. The van der Waals surface area contributed by atoms with Crippen LogP contribution < -0.4 is 10.1 Å². The average molecular weight is 566 g/mol. The van der Waals surface area contributed by atoms with Crippen LogP contribution in [0.2, 0.25) is 0 Å². The summed E-state index contributed by atoms with van der Waals surface area (Å²) in [7, 11) is 1.56. The van der Waals surface area contributed by atoms with Crippen molar-refractivity contribution in [3.05, 3.63) is 108 Å². The summed E-state index contributed by atoms with van der Waals surface area (Å²) < 4.78 is 20.4. The molecule has 1 amide bonds. The van der Waals surface area contributed by atoms with E-state index in [0.717, 1.165) is 22.3 Å². The van der Waals surface area contributed by atoms with E-state index in [1.54, 1.807) is 46.9 Å². The van der Waals surface area contributed by atoms with Crippen LogP contribution in [0, 0.1) is 5.82 Å². The molecule has 5 rings (SSSR count). The number of methoxy groups -OCH3 is 1. The predicted molar refractivity (Wildman–Crippen MR) is 161 cm³/mol. The minimum absolute atomic E-state index is 0.0483. The molecule has 9 heteroatoms. The fourth-order valence-electron chi connectivity index (χ4n) is 4.78. The van der Waals surface area contributed by atoms with E-state index < -0.39 is 0 Å². The van der Waals surface area contributed by atoms with E-state index in [2.05, 4.69) is 15.4 Å². The Morgan fingerprint density at radius 2 is 1.52 bits per heavy atom. The fraction of sp³-hybridized carbons (Fsp3) is 0.212. The highest BCUT2D eigenvalue weighted by atomic mass is 19.1. The number of ketones is 1. The number of hydrogen-bond donors (Lipinski definition) is 1. The van der Waals surface area contributed by atoms with Gasteiger partial charge in [0.2, 0.25) is 5.95 Å². The second kappa shape index (κ2) is 12.6. The molecule has 2 aromatic heterocycles. The summed E-state index contributed by atoms with van der Waals surface area (Å²) in [6, 6.07) is 23.0. The maximum Gasteiger partial charge on any atom is 0.253 e. The highest BCUT2D eigenvalue weighted by Crippen LogP contribution is 2.29. The van der Waals surface area contributed by atoms with Gasteiger partial charge in [-0.2, -0.15) is 4.98 Å². The average Bonchev–Trinajstić information content (AvgIpc) is 3.41. The van der Waals surface area contributed by atoms with Crippen LogP contribution >= 0.6 is 0 Å². The zero-order chi connectivity index (χ0) is 29.6. The third-order valence-electron chi connectivity index (χ3n) is 7.08. The van der Waals surface area contributed by atoms with Crippen LogP contribution in [0.1, 0.15) is 35.3 Å². The number of pyridine rings is 1. The van der Waals surface area contributed by atoms with Crippen LogP contribution in [-0.4, -0.2) is 51.4 Å². The Kier molecular flexibility index (Phi) is 8.57. The molecule has 0 bridgehead atoms. The molecule has 0 fully saturated rings. The number of nitrogens with one attached hydrogen (secondary N) is 1. The van der Waals surface area contributed by atoms with E-state index in [-0.39, 0.29) is 23.9 Å². The summed E-state index contributed by atoms with van der Waals surface area (Å²) in [5.41, 5.74) is 5.50. The summed E-state index contributed by atoms with van der Waals surface area (Å²) in [6.07, 6.45) is 2.47. The standard InChI is InChI=1S/C33H32FN5O3/c1-4-38(5-2)32(41)25-12-16-29(30(20-25)42-3)35-33-36-31-17-13-26(21-39(31)37-33)24-10-6-22(7-11-24)18-28(40)19-23-8-14-27(34)15-9-23/h6-17,20-21H,4-5,18-19H2,1-3H3,(H,35,37). The lowest BCUT2D eigenvalue weighted by atomic mass is 10.0. The van der Waals surface area contributed by atoms with Crippen molar-refractivity contribution in [2.24, 2.45) is 0 Å². The van der Waals surface area contributed by atoms with Crippen molar-refractivity contribution < 1.29 is 18.7 Å². The molecule has 0 aliphatic carbocycles. The Bertz CT molecular complexity index is 1710. The highest BCUT2D eigenvalue weighted by molar-refractivity contribution is 5.95. The van der Waals surface area contributed by atoms with Gasteiger partial charge < -0.3 is 15.0 Å². The molecule has 8 nitrogen and oxygen atoms in total. The van der Waals surface area contributed by atoms with Crippen LogP contribution in [-0.2, 0) is 17.6 Å². The smallest absolute Gasteiger partial charge is 0.253 e. The number of fused-ring (bicyclic) bond motifs is 1. The first-order valence-electron chi connectivity index (χ1n) is 13.8. The van der Waals surface area contributed by atoms with E-state index in [1.165, 1.54) is 12.1 Å². The van der Waals surface area contributed by atoms with Crippen molar-refractivity contribution in [1.29, 1.82) is 0 Å². The number of halogens is 1. The first-order chi connectivity index (χ1) is 20.4. The van der Waals surface area contributed by atoms with Crippen LogP contribution in [0.3, 0.4) is 0 Å². The number of hydrogen-bond acceptors (Lipinski definition) is 6. The largest absolute Gasteiger partial charge is 0.495 e. The van der Waals surface area contributed by atoms with Crippen molar-refractivity contribution in [3.63, 3.8) is 0 Å². The van der Waals surface area contributed by atoms with Gasteiger partial charge in [-0.3, -0.25) is 9.59 Å². The monoisotopic (exact) mass is 565 g/mol. The van der Waals surface area contributed by atoms with E-state index >= 15 is 0 Å². The molecule has 5 aromatic rings. The van der Waals surface area contributed by atoms with Gasteiger partial charge in [0.05, 0.1) is 12.8 Å². The maximum atomic E-state index is 13.1. The van der Waals surface area contributed by atoms with Gasteiger partial charge in [0, 0.05) is 43.3 Å². The zero-order valence-corrected chi connectivity index (χ0v) is 23.8. The zero-order valence-electron chi connectivity index (χ0n) is 23.8. The molecule has 1 N–H and O–H groups in total. The topological polar surface area (TPSA) is 88.8 Å². The number of anilines is 2. The van der Waals surface area contributed by atoms with Crippen molar-refractivity contribution >= 4 is 29.0 Å². The van der Waals surface area contributed by atoms with Gasteiger partial charge in [0.15, 0.2) is 5.65 Å². The molecule has 0 radical (unpaired) electrons. The first-order valence-corrected chi connectivity index (χ1v) is 13.8. The number of rotatable bonds is 11. The van der Waals surface area contributed by atoms with E-state index in [1.807, 2.05) is 56.4 Å². The molecule has 0 atom stereocenters. The normalized spacial score (nSPS) is 11.0. The summed E-state index contributed by atoms with van der Waals surface area (Å²) in [4.78, 5) is 31.6. The lowest BCUT2D eigenvalue weighted by molar-refractivity contribution is -0.117. The van der Waals surface area contributed by atoms with Crippen molar-refractivity contribution in [2.45, 2.75) is 26.7 Å². The van der Waals surface area contributed by atoms with Gasteiger partial charge in [-0.25, -0.2) is 8.91 Å². The molecular formula is C33H32FN5O3. The molecule has 0 aliphatic heterocycles. The molecule has 3 aromatic carbocycles. The molecule has 2 heterocycles. The van der Waals surface area contributed by atoms with Crippen LogP contribution in [0.4, 0.5) is 16.0 Å². The van der Waals surface area contributed by atoms with E-state index in [0.29, 0.717) is 48.1 Å². The number of benzene rings is 3. The van der Waals surface area contributed by atoms with Gasteiger partial charge in [0.25, 0.3) is 5.91 Å². The second-order valence-corrected chi connectivity index (χ2v) is 9.89. The number of ether oxygens (including phenoxy) is 1. The van der Waals surface area contributed by atoms with Gasteiger partial charge in [-0.1, -0.05) is 36.4 Å². The summed E-state index contributed by atoms with van der Waals surface area (Å²) in [5, 5.41) is 7.78. The molecule has 0 spiro atoms. The molecule has 0 aliphatic rings. The number of amides is 1. The number of aromatic nitrogens is 3. The molecule has 42 heavy (non-hydrogen) atoms. The predicted octanol–water partition coefficient (Wildman–Crippen LogP) is 6.12. The van der Waals surface area contributed by atoms with Crippen molar-refractivity contribution in [2.75, 3.05) is 25.5 Å². The second-order valence-electron chi connectivity index (χ2n) is 9.89. The van der Waals surface area contributed by atoms with Gasteiger partial charge in [-0.15, -0.1) is 5.10 Å². The Morgan fingerprint density at radius 1 is 0.881 bits per heavy atom. The Labute approximate surface area is 243 Å². The van der Waals surface area contributed by atoms with Gasteiger partial charge in [-0.05, 0) is 73.0 Å². The van der Waals surface area contributed by atoms with Crippen molar-refractivity contribution in [3.8, 4) is 16.9 Å². The number of nitrogens with zero attached hydrogens (tertiary/aromatic N) is 4. The lowest BCUT2D eigenvalue weighted by Gasteiger charge is -2.19. The van der Waals surface area contributed by atoms with Crippen LogP contribution in [0.15, 0.2) is 85.1 Å². The molecule has 214 valence electrons. The van der Waals surface area contributed by atoms with Crippen LogP contribution in [0.5, 0.6) is 5.75 Å². The summed E-state index contributed by atoms with van der Waals surface area (Å²) in [5.74, 6) is 0.619. The number of Topliss-reactive ketones (excluding diaryl/α,β-unsaturated/α-hetero) is 1. The fourth-order valence-corrected chi connectivity index (χ4v) is 4.78. The quantitative estimate of drug-likeness (QED) is 0.208. The molecule has 0 saturated carbocycles. The number of carbonyl (C=O) groups is 2. The van der Waals surface area contributed by atoms with Gasteiger partial charge >= 0.3 is 0 Å². The molecular weight excluding hydrogens is 533 g/mol. The minimum Gasteiger partial charge on any atom is -0.495 e. The van der Waals surface area contributed by atoms with E-state index in [9.17, 15) is 14.0 Å². The minimum atomic E-state index is -0.312. The Hall–Kier alpha value is -5.05. The third kappa shape index (κ3) is 6.46. The molecule has 0 saturated heterocycles. The summed E-state index contributed by atoms with van der Waals surface area (Å²) in [6.45, 7) is 5.17. The van der Waals surface area contributed by atoms with E-state index in [4.69, 9.17) is 4.74 Å². The third-order valence-corrected chi connectivity index (χ3v) is 7.08. The van der Waals surface area contributed by atoms with Crippen molar-refractivity contribution in [1.82, 2.24) is 19.5 Å². The maximum absolute atomic E-state index is 13.1. The first kappa shape index (κ1) is 28.5. The lowest BCUT2D eigenvalue weighted by Crippen LogP contribution is -2.30. The number of carbonyl (C=O) groups excluding carboxylic acids is 2. The Balaban J connectivity index is 1.27.